The van der Waals surface area contributed by atoms with Crippen LogP contribution in [0.15, 0.2) is 25.3 Å². The molecule has 0 saturated carbocycles. The first-order valence-electron chi connectivity index (χ1n) is 3.56. The van der Waals surface area contributed by atoms with E-state index in [1.54, 1.807) is 0 Å². The maximum atomic E-state index is 9.39. The molecule has 0 saturated heterocycles. The third kappa shape index (κ3) is 49.6. The molecule has 0 amide bonds. The molecule has 18 heavy (non-hydrogen) atoms. The van der Waals surface area contributed by atoms with Crippen molar-refractivity contribution >= 4 is 28.5 Å². The van der Waals surface area contributed by atoms with E-state index in [4.69, 9.17) is 19.9 Å². The summed E-state index contributed by atoms with van der Waals surface area (Å²) in [5.41, 5.74) is 0. The second-order valence-corrected chi connectivity index (χ2v) is 2.88. The molecular formula is C7H10O10S. The van der Waals surface area contributed by atoms with Crippen molar-refractivity contribution in [3.05, 3.63) is 25.3 Å². The highest BCUT2D eigenvalue weighted by Gasteiger charge is 2.09. The van der Waals surface area contributed by atoms with Gasteiger partial charge in [0.25, 0.3) is 0 Å². The van der Waals surface area contributed by atoms with Gasteiger partial charge in [0.2, 0.25) is 0 Å². The molecule has 0 radical (unpaired) electrons. The predicted molar refractivity (Wildman–Crippen MR) is 56.3 cm³/mol. The Morgan fingerprint density at radius 3 is 1.17 bits per heavy atom. The largest absolute Gasteiger partial charge is 0.523 e. The molecule has 0 aromatic rings. The summed E-state index contributed by atoms with van der Waals surface area (Å²) < 4.78 is 29.2. The minimum atomic E-state index is -4.82. The maximum Gasteiger partial charge on any atom is 0.523 e. The van der Waals surface area contributed by atoms with Crippen LogP contribution in [-0.2, 0) is 24.2 Å². The van der Waals surface area contributed by atoms with Gasteiger partial charge >= 0.3 is 28.5 Å². The summed E-state index contributed by atoms with van der Waals surface area (Å²) in [7, 11) is -4.82. The molecular weight excluding hydrogens is 276 g/mol. The number of carbonyl (C=O) groups is 3. The number of aliphatic carboxylic acids is 2. The average Bonchev–Trinajstić information content (AvgIpc) is 2.15. The fraction of sp³-hybridized carbons (Fsp3) is 0. The van der Waals surface area contributed by atoms with Crippen LogP contribution >= 0.6 is 0 Å². The fourth-order valence-electron chi connectivity index (χ4n) is 0.0901. The minimum absolute atomic E-state index is 0.833. The molecule has 0 aliphatic rings. The van der Waals surface area contributed by atoms with E-state index in [9.17, 15) is 22.8 Å². The van der Waals surface area contributed by atoms with Gasteiger partial charge in [0, 0.05) is 12.2 Å². The van der Waals surface area contributed by atoms with Crippen LogP contribution in [0.1, 0.15) is 0 Å². The summed E-state index contributed by atoms with van der Waals surface area (Å²) in [6.45, 7) is 5.92. The van der Waals surface area contributed by atoms with E-state index in [1.807, 2.05) is 0 Å². The Bertz CT molecular complexity index is 388. The molecule has 0 aliphatic carbocycles. The number of hydrogen-bond donors (Lipinski definition) is 4. The van der Waals surface area contributed by atoms with Crippen molar-refractivity contribution in [3.63, 3.8) is 0 Å². The molecule has 0 aliphatic heterocycles. The second kappa shape index (κ2) is 11.1. The quantitative estimate of drug-likeness (QED) is 0.407. The molecule has 0 aromatic heterocycles. The monoisotopic (exact) mass is 286 g/mol. The summed E-state index contributed by atoms with van der Waals surface area (Å²) in [5.74, 6) is -1.96. The van der Waals surface area contributed by atoms with Crippen molar-refractivity contribution in [1.29, 1.82) is 0 Å². The molecule has 0 aromatic carbocycles. The van der Waals surface area contributed by atoms with Gasteiger partial charge in [-0.1, -0.05) is 13.2 Å². The van der Waals surface area contributed by atoms with Crippen LogP contribution in [0.4, 0.5) is 4.79 Å². The Hall–Kier alpha value is -2.40. The molecule has 0 fully saturated rings. The highest BCUT2D eigenvalue weighted by atomic mass is 32.3. The standard InChI is InChI=1S/2C3H4O2.CH2O6S/c2*1-2-3(4)5;2-1(3)7-8(4,5)6/h2*2H,1H2,(H,4,5);(H,2,3)(H,4,5,6). The van der Waals surface area contributed by atoms with Gasteiger partial charge in [-0.15, -0.1) is 0 Å². The first-order chi connectivity index (χ1) is 7.96. The lowest BCUT2D eigenvalue weighted by Gasteiger charge is -1.88. The van der Waals surface area contributed by atoms with Gasteiger partial charge in [-0.3, -0.25) is 8.74 Å². The van der Waals surface area contributed by atoms with Crippen molar-refractivity contribution < 1.29 is 46.9 Å². The molecule has 0 rings (SSSR count). The number of carboxylic acid groups (broad SMARTS) is 3. The third-order valence-corrected chi connectivity index (χ3v) is 0.879. The van der Waals surface area contributed by atoms with Crippen molar-refractivity contribution in [2.75, 3.05) is 0 Å². The van der Waals surface area contributed by atoms with E-state index < -0.39 is 28.5 Å². The average molecular weight is 286 g/mol. The Labute approximate surface area is 101 Å². The van der Waals surface area contributed by atoms with Crippen LogP contribution in [0.3, 0.4) is 0 Å². The molecule has 11 heteroatoms. The third-order valence-electron chi connectivity index (χ3n) is 0.526. The lowest BCUT2D eigenvalue weighted by Crippen LogP contribution is -2.08. The molecule has 0 unspecified atom stereocenters. The van der Waals surface area contributed by atoms with Crippen LogP contribution in [-0.4, -0.2) is 46.4 Å². The molecule has 104 valence electrons. The van der Waals surface area contributed by atoms with Crippen molar-refractivity contribution in [3.8, 4) is 0 Å². The summed E-state index contributed by atoms with van der Waals surface area (Å²) in [5, 5.41) is 22.7. The smallest absolute Gasteiger partial charge is 0.478 e. The summed E-state index contributed by atoms with van der Waals surface area (Å²) in [6.07, 6.45) is -0.396. The molecule has 0 heterocycles. The van der Waals surface area contributed by atoms with Crippen LogP contribution < -0.4 is 0 Å². The zero-order valence-corrected chi connectivity index (χ0v) is 9.53. The summed E-state index contributed by atoms with van der Waals surface area (Å²) in [4.78, 5) is 27.8. The van der Waals surface area contributed by atoms with Crippen molar-refractivity contribution in [1.82, 2.24) is 0 Å². The van der Waals surface area contributed by atoms with E-state index >= 15 is 0 Å². The van der Waals surface area contributed by atoms with E-state index in [-0.39, 0.29) is 0 Å². The first kappa shape index (κ1) is 20.9. The summed E-state index contributed by atoms with van der Waals surface area (Å²) in [6, 6.07) is 0. The highest BCUT2D eigenvalue weighted by molar-refractivity contribution is 7.81. The van der Waals surface area contributed by atoms with Crippen LogP contribution in [0, 0.1) is 0 Å². The number of carboxylic acids is 2. The van der Waals surface area contributed by atoms with Crippen LogP contribution in [0.25, 0.3) is 0 Å². The molecule has 10 nitrogen and oxygen atoms in total. The Morgan fingerprint density at radius 1 is 0.944 bits per heavy atom. The van der Waals surface area contributed by atoms with Gasteiger partial charge in [-0.05, 0) is 0 Å². The van der Waals surface area contributed by atoms with Gasteiger partial charge in [-0.25, -0.2) is 14.4 Å². The van der Waals surface area contributed by atoms with Crippen molar-refractivity contribution in [2.45, 2.75) is 0 Å². The zero-order chi connectivity index (χ0) is 15.4. The Balaban J connectivity index is -0.000000197. The first-order valence-corrected chi connectivity index (χ1v) is 4.93. The Kier molecular flexibility index (Phi) is 12.9. The predicted octanol–water partition coefficient (Wildman–Crippen LogP) is -0.00220. The van der Waals surface area contributed by atoms with E-state index in [0.29, 0.717) is 0 Å². The molecule has 0 bridgehead atoms. The van der Waals surface area contributed by atoms with E-state index in [0.717, 1.165) is 12.2 Å². The van der Waals surface area contributed by atoms with Gasteiger partial charge in [0.1, 0.15) is 0 Å². The number of rotatable bonds is 3. The van der Waals surface area contributed by atoms with Gasteiger partial charge in [0.05, 0.1) is 0 Å². The Morgan fingerprint density at radius 2 is 1.17 bits per heavy atom. The fourth-order valence-corrected chi connectivity index (χ4v) is 0.270. The molecule has 0 atom stereocenters. The second-order valence-electron chi connectivity index (χ2n) is 1.86. The van der Waals surface area contributed by atoms with Gasteiger partial charge in [0.15, 0.2) is 0 Å². The van der Waals surface area contributed by atoms with E-state index in [1.165, 1.54) is 0 Å². The van der Waals surface area contributed by atoms with Crippen molar-refractivity contribution in [2.24, 2.45) is 0 Å². The van der Waals surface area contributed by atoms with Crippen LogP contribution in [0.5, 0.6) is 0 Å². The van der Waals surface area contributed by atoms with Gasteiger partial charge in [-0.2, -0.15) is 8.42 Å². The lowest BCUT2D eigenvalue weighted by atomic mass is 10.7. The topological polar surface area (TPSA) is 175 Å². The van der Waals surface area contributed by atoms with Gasteiger partial charge < -0.3 is 15.3 Å². The van der Waals surface area contributed by atoms with E-state index in [2.05, 4.69) is 17.3 Å². The molecule has 4 N–H and O–H groups in total. The lowest BCUT2D eigenvalue weighted by molar-refractivity contribution is -0.132. The normalized spacial score (nSPS) is 8.28. The zero-order valence-electron chi connectivity index (χ0n) is 8.72. The van der Waals surface area contributed by atoms with Crippen LogP contribution in [0.2, 0.25) is 0 Å². The minimum Gasteiger partial charge on any atom is -0.478 e. The molecule has 0 spiro atoms. The number of hydrogen-bond acceptors (Lipinski definition) is 6. The maximum absolute atomic E-state index is 9.39. The highest BCUT2D eigenvalue weighted by Crippen LogP contribution is 1.84. The SMILES string of the molecule is C=CC(=O)O.C=CC(=O)O.O=C(O)OS(=O)(=O)O. The summed E-state index contributed by atoms with van der Waals surface area (Å²) >= 11 is 0.